The maximum atomic E-state index is 14.0. The number of hydrogen-bond acceptors (Lipinski definition) is 5. The van der Waals surface area contributed by atoms with Gasteiger partial charge in [0.05, 0.1) is 33.9 Å². The molecule has 2 amide bonds. The Kier molecular flexibility index (Phi) is 10.4. The summed E-state index contributed by atoms with van der Waals surface area (Å²) in [6.07, 6.45) is 0.642. The van der Waals surface area contributed by atoms with Gasteiger partial charge in [0.25, 0.3) is 21.8 Å². The highest BCUT2D eigenvalue weighted by Crippen LogP contribution is 2.30. The Bertz CT molecular complexity index is 1640. The topological polar surface area (TPSA) is 105 Å². The van der Waals surface area contributed by atoms with Crippen LogP contribution in [0.15, 0.2) is 102 Å². The number of methoxy groups -OCH3 is 1. The number of rotatable bonds is 12. The van der Waals surface area contributed by atoms with E-state index < -0.39 is 15.9 Å². The van der Waals surface area contributed by atoms with E-state index in [4.69, 9.17) is 16.3 Å². The van der Waals surface area contributed by atoms with E-state index in [1.54, 1.807) is 104 Å². The Hall–Kier alpha value is -4.18. The number of nitrogens with one attached hydrogen (secondary N) is 2. The van der Waals surface area contributed by atoms with Crippen molar-refractivity contribution in [3.05, 3.63) is 124 Å². The van der Waals surface area contributed by atoms with Gasteiger partial charge in [-0.05, 0) is 67.4 Å². The standard InChI is InChI=1S/C32H32ClN3O5S/c1-23-12-18-26(19-13-23)42(39,40)36(22-24-14-16-25(33)17-15-24)30-11-6-4-9-28(30)32(38)35-29-10-5-3-8-27(29)31(37)34-20-7-21-41-2/h3-6,8-19H,7,20-22H2,1-2H3,(H,34,37)(H,35,38). The van der Waals surface area contributed by atoms with Gasteiger partial charge in [0, 0.05) is 25.3 Å². The van der Waals surface area contributed by atoms with Crippen molar-refractivity contribution in [2.75, 3.05) is 29.9 Å². The molecule has 0 aliphatic carbocycles. The number of hydrogen-bond donors (Lipinski definition) is 2. The molecule has 42 heavy (non-hydrogen) atoms. The first-order valence-corrected chi connectivity index (χ1v) is 15.1. The van der Waals surface area contributed by atoms with E-state index in [9.17, 15) is 18.0 Å². The second-order valence-electron chi connectivity index (χ2n) is 9.57. The Labute approximate surface area is 251 Å². The van der Waals surface area contributed by atoms with E-state index in [0.29, 0.717) is 35.8 Å². The van der Waals surface area contributed by atoms with Gasteiger partial charge in [-0.15, -0.1) is 0 Å². The van der Waals surface area contributed by atoms with Crippen LogP contribution in [-0.2, 0) is 21.3 Å². The van der Waals surface area contributed by atoms with Gasteiger partial charge in [0.1, 0.15) is 0 Å². The Morgan fingerprint density at radius 2 is 1.48 bits per heavy atom. The molecule has 0 aliphatic rings. The van der Waals surface area contributed by atoms with Gasteiger partial charge in [-0.3, -0.25) is 13.9 Å². The zero-order valence-corrected chi connectivity index (χ0v) is 24.9. The van der Waals surface area contributed by atoms with Crippen LogP contribution in [0.2, 0.25) is 5.02 Å². The van der Waals surface area contributed by atoms with Crippen molar-refractivity contribution >= 4 is 44.8 Å². The summed E-state index contributed by atoms with van der Waals surface area (Å²) >= 11 is 6.07. The lowest BCUT2D eigenvalue weighted by atomic mass is 10.1. The zero-order valence-electron chi connectivity index (χ0n) is 23.3. The minimum absolute atomic E-state index is 0.0435. The van der Waals surface area contributed by atoms with Crippen molar-refractivity contribution in [2.45, 2.75) is 24.8 Å². The second-order valence-corrected chi connectivity index (χ2v) is 11.9. The fourth-order valence-corrected chi connectivity index (χ4v) is 5.87. The Morgan fingerprint density at radius 1 is 0.833 bits per heavy atom. The average molecular weight is 606 g/mol. The minimum atomic E-state index is -4.10. The van der Waals surface area contributed by atoms with Crippen molar-refractivity contribution < 1.29 is 22.7 Å². The number of aryl methyl sites for hydroxylation is 1. The smallest absolute Gasteiger partial charge is 0.264 e. The maximum absolute atomic E-state index is 14.0. The van der Waals surface area contributed by atoms with Crippen LogP contribution in [-0.4, -0.2) is 40.5 Å². The van der Waals surface area contributed by atoms with Gasteiger partial charge in [-0.1, -0.05) is 65.7 Å². The van der Waals surface area contributed by atoms with E-state index in [1.807, 2.05) is 6.92 Å². The molecule has 0 saturated carbocycles. The Balaban J connectivity index is 1.70. The molecule has 0 atom stereocenters. The van der Waals surface area contributed by atoms with Crippen molar-refractivity contribution in [1.29, 1.82) is 0 Å². The highest BCUT2D eigenvalue weighted by Gasteiger charge is 2.29. The average Bonchev–Trinajstić information content (AvgIpc) is 2.99. The number of halogens is 1. The summed E-state index contributed by atoms with van der Waals surface area (Å²) < 4.78 is 34.3. The molecule has 4 rings (SSSR count). The number of carbonyl (C=O) groups excluding carboxylic acids is 2. The molecular weight excluding hydrogens is 574 g/mol. The van der Waals surface area contributed by atoms with E-state index in [1.165, 1.54) is 4.31 Å². The number of ether oxygens (including phenoxy) is 1. The number of carbonyl (C=O) groups is 2. The van der Waals surface area contributed by atoms with Crippen LogP contribution in [0, 0.1) is 6.92 Å². The summed E-state index contributed by atoms with van der Waals surface area (Å²) in [5.74, 6) is -0.910. The van der Waals surface area contributed by atoms with Crippen LogP contribution < -0.4 is 14.9 Å². The molecule has 0 unspecified atom stereocenters. The van der Waals surface area contributed by atoms with Crippen LogP contribution in [0.1, 0.15) is 38.3 Å². The molecule has 0 heterocycles. The lowest BCUT2D eigenvalue weighted by Gasteiger charge is -2.27. The van der Waals surface area contributed by atoms with Crippen molar-refractivity contribution in [3.8, 4) is 0 Å². The molecule has 0 radical (unpaired) electrons. The second kappa shape index (κ2) is 14.1. The summed E-state index contributed by atoms with van der Waals surface area (Å²) in [5.41, 5.74) is 2.49. The van der Waals surface area contributed by atoms with Crippen LogP contribution in [0.3, 0.4) is 0 Å². The first-order valence-electron chi connectivity index (χ1n) is 13.3. The lowest BCUT2D eigenvalue weighted by Crippen LogP contribution is -2.32. The van der Waals surface area contributed by atoms with Crippen LogP contribution in [0.5, 0.6) is 0 Å². The fourth-order valence-electron chi connectivity index (χ4n) is 4.27. The van der Waals surface area contributed by atoms with Gasteiger partial charge < -0.3 is 15.4 Å². The number of nitrogens with zero attached hydrogens (tertiary/aromatic N) is 1. The maximum Gasteiger partial charge on any atom is 0.264 e. The first-order chi connectivity index (χ1) is 20.2. The zero-order chi connectivity index (χ0) is 30.1. The number of amides is 2. The summed E-state index contributed by atoms with van der Waals surface area (Å²) in [5, 5.41) is 6.16. The highest BCUT2D eigenvalue weighted by atomic mass is 35.5. The summed E-state index contributed by atoms with van der Waals surface area (Å²) in [6.45, 7) is 2.75. The number of sulfonamides is 1. The third-order valence-corrected chi connectivity index (χ3v) is 8.52. The summed E-state index contributed by atoms with van der Waals surface area (Å²) in [6, 6.07) is 26.5. The van der Waals surface area contributed by atoms with E-state index in [-0.39, 0.29) is 34.2 Å². The molecular formula is C32H32ClN3O5S. The van der Waals surface area contributed by atoms with Gasteiger partial charge in [0.2, 0.25) is 0 Å². The number of anilines is 2. The molecule has 2 N–H and O–H groups in total. The highest BCUT2D eigenvalue weighted by molar-refractivity contribution is 7.92. The molecule has 0 spiro atoms. The largest absolute Gasteiger partial charge is 0.385 e. The van der Waals surface area contributed by atoms with Gasteiger partial charge in [-0.25, -0.2) is 8.42 Å². The fraction of sp³-hybridized carbons (Fsp3) is 0.188. The third-order valence-electron chi connectivity index (χ3n) is 6.50. The van der Waals surface area contributed by atoms with Crippen LogP contribution >= 0.6 is 11.6 Å². The third kappa shape index (κ3) is 7.55. The molecule has 0 bridgehead atoms. The SMILES string of the molecule is COCCCNC(=O)c1ccccc1NC(=O)c1ccccc1N(Cc1ccc(Cl)cc1)S(=O)(=O)c1ccc(C)cc1. The monoisotopic (exact) mass is 605 g/mol. The van der Waals surface area contributed by atoms with Gasteiger partial charge >= 0.3 is 0 Å². The summed E-state index contributed by atoms with van der Waals surface area (Å²) in [7, 11) is -2.51. The molecule has 0 aromatic heterocycles. The molecule has 10 heteroatoms. The van der Waals surface area contributed by atoms with Crippen LogP contribution in [0.4, 0.5) is 11.4 Å². The van der Waals surface area contributed by atoms with Crippen molar-refractivity contribution in [3.63, 3.8) is 0 Å². The van der Waals surface area contributed by atoms with E-state index in [0.717, 1.165) is 5.56 Å². The molecule has 8 nitrogen and oxygen atoms in total. The molecule has 0 aliphatic heterocycles. The summed E-state index contributed by atoms with van der Waals surface area (Å²) in [4.78, 5) is 26.7. The van der Waals surface area contributed by atoms with Crippen molar-refractivity contribution in [1.82, 2.24) is 5.32 Å². The van der Waals surface area contributed by atoms with E-state index >= 15 is 0 Å². The van der Waals surface area contributed by atoms with Crippen LogP contribution in [0.25, 0.3) is 0 Å². The lowest BCUT2D eigenvalue weighted by molar-refractivity contribution is 0.0949. The molecule has 4 aromatic rings. The predicted octanol–water partition coefficient (Wildman–Crippen LogP) is 6.06. The van der Waals surface area contributed by atoms with Gasteiger partial charge in [0.15, 0.2) is 0 Å². The quantitative estimate of drug-likeness (QED) is 0.191. The number of para-hydroxylation sites is 2. The molecule has 218 valence electrons. The number of benzene rings is 4. The molecule has 0 fully saturated rings. The van der Waals surface area contributed by atoms with Gasteiger partial charge in [-0.2, -0.15) is 0 Å². The van der Waals surface area contributed by atoms with E-state index in [2.05, 4.69) is 10.6 Å². The molecule has 4 aromatic carbocycles. The predicted molar refractivity (Wildman–Crippen MR) is 166 cm³/mol. The normalized spacial score (nSPS) is 11.1. The molecule has 0 saturated heterocycles. The first kappa shape index (κ1) is 30.8. The minimum Gasteiger partial charge on any atom is -0.385 e. The Morgan fingerprint density at radius 3 is 2.17 bits per heavy atom. The van der Waals surface area contributed by atoms with Crippen molar-refractivity contribution in [2.24, 2.45) is 0 Å².